The van der Waals surface area contributed by atoms with Crippen LogP contribution < -0.4 is 0 Å². The number of hydrogen-bond acceptors (Lipinski definition) is 3. The molecule has 3 nitrogen and oxygen atoms in total. The molecule has 0 aromatic rings. The van der Waals surface area contributed by atoms with Crippen LogP contribution in [-0.2, 0) is 4.74 Å². The molecule has 1 heterocycles. The van der Waals surface area contributed by atoms with E-state index in [9.17, 15) is 5.11 Å². The van der Waals surface area contributed by atoms with Crippen LogP contribution in [0.3, 0.4) is 0 Å². The van der Waals surface area contributed by atoms with Crippen molar-refractivity contribution < 1.29 is 9.84 Å². The highest BCUT2D eigenvalue weighted by atomic mass is 16.5. The predicted molar refractivity (Wildman–Crippen MR) is 43.5 cm³/mol. The van der Waals surface area contributed by atoms with E-state index in [-0.39, 0.29) is 6.10 Å². The topological polar surface area (TPSA) is 32.7 Å². The van der Waals surface area contributed by atoms with Crippen molar-refractivity contribution in [2.75, 3.05) is 26.8 Å². The smallest absolute Gasteiger partial charge is 0.0682 e. The summed E-state index contributed by atoms with van der Waals surface area (Å²) in [5.41, 5.74) is 0. The van der Waals surface area contributed by atoms with E-state index < -0.39 is 0 Å². The first-order valence-corrected chi connectivity index (χ1v) is 4.20. The fourth-order valence-corrected chi connectivity index (χ4v) is 1.50. The zero-order valence-electron chi connectivity index (χ0n) is 7.29. The Morgan fingerprint density at radius 3 is 2.82 bits per heavy atom. The van der Waals surface area contributed by atoms with Gasteiger partial charge in [-0.25, -0.2) is 0 Å². The van der Waals surface area contributed by atoms with E-state index in [0.29, 0.717) is 6.04 Å². The molecule has 3 heteroatoms. The van der Waals surface area contributed by atoms with Gasteiger partial charge in [-0.05, 0) is 20.4 Å². The Morgan fingerprint density at radius 2 is 2.36 bits per heavy atom. The van der Waals surface area contributed by atoms with Crippen LogP contribution in [0.1, 0.15) is 13.3 Å². The molecule has 1 N–H and O–H groups in total. The molecule has 0 radical (unpaired) electrons. The van der Waals surface area contributed by atoms with E-state index >= 15 is 0 Å². The monoisotopic (exact) mass is 159 g/mol. The molecule has 1 aliphatic rings. The third-order valence-corrected chi connectivity index (χ3v) is 2.18. The minimum absolute atomic E-state index is 0.148. The molecule has 0 unspecified atom stereocenters. The fourth-order valence-electron chi connectivity index (χ4n) is 1.50. The average Bonchev–Trinajstić information content (AvgIpc) is 2.26. The Morgan fingerprint density at radius 1 is 1.64 bits per heavy atom. The molecule has 0 saturated carbocycles. The van der Waals surface area contributed by atoms with Crippen molar-refractivity contribution in [1.82, 2.24) is 4.90 Å². The summed E-state index contributed by atoms with van der Waals surface area (Å²) in [5.74, 6) is 0. The quantitative estimate of drug-likeness (QED) is 0.633. The van der Waals surface area contributed by atoms with Gasteiger partial charge in [0.25, 0.3) is 0 Å². The molecule has 0 spiro atoms. The molecule has 0 aromatic carbocycles. The van der Waals surface area contributed by atoms with Crippen molar-refractivity contribution in [3.05, 3.63) is 0 Å². The van der Waals surface area contributed by atoms with E-state index in [1.165, 1.54) is 0 Å². The second-order valence-electron chi connectivity index (χ2n) is 3.14. The van der Waals surface area contributed by atoms with E-state index in [1.807, 2.05) is 14.0 Å². The minimum Gasteiger partial charge on any atom is -0.392 e. The van der Waals surface area contributed by atoms with Gasteiger partial charge >= 0.3 is 0 Å². The highest BCUT2D eigenvalue weighted by molar-refractivity contribution is 4.82. The number of nitrogens with zero attached hydrogens (tertiary/aromatic N) is 1. The number of ether oxygens (including phenoxy) is 1. The summed E-state index contributed by atoms with van der Waals surface area (Å²) in [7, 11) is 2.03. The summed E-state index contributed by atoms with van der Waals surface area (Å²) in [6.07, 6.45) is 0.710. The Labute approximate surface area is 68.0 Å². The van der Waals surface area contributed by atoms with Crippen molar-refractivity contribution in [3.8, 4) is 0 Å². The lowest BCUT2D eigenvalue weighted by molar-refractivity contribution is 0.0947. The Kier molecular flexibility index (Phi) is 3.30. The van der Waals surface area contributed by atoms with Gasteiger partial charge in [0.2, 0.25) is 0 Å². The second kappa shape index (κ2) is 4.04. The lowest BCUT2D eigenvalue weighted by atomic mass is 10.2. The molecule has 0 amide bonds. The second-order valence-corrected chi connectivity index (χ2v) is 3.14. The average molecular weight is 159 g/mol. The molecule has 66 valence electrons. The van der Waals surface area contributed by atoms with Gasteiger partial charge in [0, 0.05) is 19.2 Å². The number of hydrogen-bond donors (Lipinski definition) is 1. The summed E-state index contributed by atoms with van der Waals surface area (Å²) in [4.78, 5) is 2.15. The van der Waals surface area contributed by atoms with Crippen LogP contribution in [0.2, 0.25) is 0 Å². The molecule has 0 aliphatic carbocycles. The van der Waals surface area contributed by atoms with Crippen molar-refractivity contribution >= 4 is 0 Å². The van der Waals surface area contributed by atoms with Crippen LogP contribution in [0.25, 0.3) is 0 Å². The molecule has 0 aromatic heterocycles. The highest BCUT2D eigenvalue weighted by Crippen LogP contribution is 2.15. The number of aliphatic hydroxyl groups excluding tert-OH is 1. The lowest BCUT2D eigenvalue weighted by Crippen LogP contribution is -2.29. The SMILES string of the molecule is CCOC[C@H]1C[C@@H](O)CN1C. The standard InChI is InChI=1S/C8H17NO2/c1-3-11-6-7-4-8(10)5-9(7)2/h7-8,10H,3-6H2,1-2H3/t7-,8-/m1/s1. The van der Waals surface area contributed by atoms with Gasteiger partial charge in [-0.2, -0.15) is 0 Å². The van der Waals surface area contributed by atoms with Crippen LogP contribution in [0.4, 0.5) is 0 Å². The normalized spacial score (nSPS) is 33.0. The van der Waals surface area contributed by atoms with Gasteiger partial charge < -0.3 is 9.84 Å². The number of likely N-dealkylation sites (tertiary alicyclic amines) is 1. The first-order chi connectivity index (χ1) is 5.24. The van der Waals surface area contributed by atoms with Crippen LogP contribution in [0, 0.1) is 0 Å². The first-order valence-electron chi connectivity index (χ1n) is 4.20. The van der Waals surface area contributed by atoms with E-state index in [2.05, 4.69) is 4.90 Å². The predicted octanol–water partition coefficient (Wildman–Crippen LogP) is 0.0879. The number of β-amino-alcohol motifs (C(OH)–C–C–N with tert-alkyl or cyclic N) is 1. The van der Waals surface area contributed by atoms with Gasteiger partial charge in [-0.15, -0.1) is 0 Å². The third-order valence-electron chi connectivity index (χ3n) is 2.18. The van der Waals surface area contributed by atoms with Gasteiger partial charge in [0.05, 0.1) is 12.7 Å². The summed E-state index contributed by atoms with van der Waals surface area (Å²) < 4.78 is 5.28. The molecule has 1 fully saturated rings. The van der Waals surface area contributed by atoms with Gasteiger partial charge in [-0.3, -0.25) is 4.90 Å². The number of aliphatic hydroxyl groups is 1. The van der Waals surface area contributed by atoms with E-state index in [0.717, 1.165) is 26.2 Å². The highest BCUT2D eigenvalue weighted by Gasteiger charge is 2.27. The zero-order chi connectivity index (χ0) is 8.27. The largest absolute Gasteiger partial charge is 0.392 e. The van der Waals surface area contributed by atoms with E-state index in [4.69, 9.17) is 4.74 Å². The van der Waals surface area contributed by atoms with Crippen LogP contribution in [0.15, 0.2) is 0 Å². The first kappa shape index (κ1) is 8.97. The summed E-state index contributed by atoms with van der Waals surface area (Å²) in [5, 5.41) is 9.27. The maximum Gasteiger partial charge on any atom is 0.0682 e. The molecule has 1 rings (SSSR count). The molecular formula is C8H17NO2. The van der Waals surface area contributed by atoms with Crippen molar-refractivity contribution in [2.45, 2.75) is 25.5 Å². The maximum absolute atomic E-state index is 9.27. The minimum atomic E-state index is -0.148. The number of likely N-dealkylation sites (N-methyl/N-ethyl adjacent to an activating group) is 1. The summed E-state index contributed by atoms with van der Waals surface area (Å²) in [6.45, 7) is 4.30. The van der Waals surface area contributed by atoms with Gasteiger partial charge in [0.1, 0.15) is 0 Å². The molecule has 11 heavy (non-hydrogen) atoms. The van der Waals surface area contributed by atoms with E-state index in [1.54, 1.807) is 0 Å². The maximum atomic E-state index is 9.27. The van der Waals surface area contributed by atoms with Gasteiger partial charge in [-0.1, -0.05) is 0 Å². The molecule has 0 bridgehead atoms. The molecule has 1 aliphatic heterocycles. The Bertz CT molecular complexity index is 119. The third kappa shape index (κ3) is 2.43. The molecular weight excluding hydrogens is 142 g/mol. The van der Waals surface area contributed by atoms with Gasteiger partial charge in [0.15, 0.2) is 0 Å². The molecule has 1 saturated heterocycles. The number of rotatable bonds is 3. The van der Waals surface area contributed by atoms with Crippen LogP contribution in [0.5, 0.6) is 0 Å². The summed E-state index contributed by atoms with van der Waals surface area (Å²) in [6, 6.07) is 0.421. The van der Waals surface area contributed by atoms with Crippen molar-refractivity contribution in [1.29, 1.82) is 0 Å². The fraction of sp³-hybridized carbons (Fsp3) is 1.00. The van der Waals surface area contributed by atoms with Crippen LogP contribution >= 0.6 is 0 Å². The Hall–Kier alpha value is -0.120. The molecule has 2 atom stereocenters. The van der Waals surface area contributed by atoms with Crippen molar-refractivity contribution in [3.63, 3.8) is 0 Å². The summed E-state index contributed by atoms with van der Waals surface area (Å²) >= 11 is 0. The van der Waals surface area contributed by atoms with Crippen molar-refractivity contribution in [2.24, 2.45) is 0 Å². The lowest BCUT2D eigenvalue weighted by Gasteiger charge is -2.17. The van der Waals surface area contributed by atoms with Crippen LogP contribution in [-0.4, -0.2) is 49.0 Å². The zero-order valence-corrected chi connectivity index (χ0v) is 7.29. The Balaban J connectivity index is 2.23.